The molecule has 1 saturated carbocycles. The summed E-state index contributed by atoms with van der Waals surface area (Å²) in [6.07, 6.45) is 6.41. The van der Waals surface area contributed by atoms with Crippen LogP contribution in [-0.4, -0.2) is 36.3 Å². The standard InChI is InChI=1S/C16H26N2O2/c1-20-16-10-13(9-14(17)11-16)12-18(7-8-19)15-5-3-2-4-6-15/h9-11,15,19H,2-8,12,17H2,1H3. The van der Waals surface area contributed by atoms with Gasteiger partial charge in [0.15, 0.2) is 0 Å². The molecule has 20 heavy (non-hydrogen) atoms. The van der Waals surface area contributed by atoms with Gasteiger partial charge in [-0.1, -0.05) is 19.3 Å². The Hall–Kier alpha value is -1.26. The van der Waals surface area contributed by atoms with Gasteiger partial charge in [-0.15, -0.1) is 0 Å². The molecular formula is C16H26N2O2. The van der Waals surface area contributed by atoms with Crippen LogP contribution in [0.15, 0.2) is 18.2 Å². The van der Waals surface area contributed by atoms with Gasteiger partial charge < -0.3 is 15.6 Å². The van der Waals surface area contributed by atoms with E-state index >= 15 is 0 Å². The number of ether oxygens (including phenoxy) is 1. The molecule has 1 aromatic carbocycles. The van der Waals surface area contributed by atoms with Crippen LogP contribution in [0.3, 0.4) is 0 Å². The molecule has 0 heterocycles. The molecule has 0 saturated heterocycles. The number of nitrogens with zero attached hydrogens (tertiary/aromatic N) is 1. The highest BCUT2D eigenvalue weighted by atomic mass is 16.5. The number of rotatable bonds is 6. The first kappa shape index (κ1) is 15.1. The molecule has 1 fully saturated rings. The van der Waals surface area contributed by atoms with E-state index in [-0.39, 0.29) is 6.61 Å². The zero-order valence-electron chi connectivity index (χ0n) is 12.3. The average molecular weight is 278 g/mol. The molecule has 0 radical (unpaired) electrons. The van der Waals surface area contributed by atoms with Crippen LogP contribution in [0.4, 0.5) is 5.69 Å². The molecule has 0 aromatic heterocycles. The lowest BCUT2D eigenvalue weighted by atomic mass is 9.94. The number of aliphatic hydroxyl groups is 1. The van der Waals surface area contributed by atoms with Gasteiger partial charge in [0, 0.05) is 30.9 Å². The summed E-state index contributed by atoms with van der Waals surface area (Å²) in [5.74, 6) is 0.799. The number of hydrogen-bond donors (Lipinski definition) is 2. The largest absolute Gasteiger partial charge is 0.497 e. The Kier molecular flexibility index (Phi) is 5.68. The first-order valence-corrected chi connectivity index (χ1v) is 7.51. The van der Waals surface area contributed by atoms with Crippen LogP contribution in [0.25, 0.3) is 0 Å². The minimum atomic E-state index is 0.204. The van der Waals surface area contributed by atoms with E-state index in [1.165, 1.54) is 32.1 Å². The fraction of sp³-hybridized carbons (Fsp3) is 0.625. The van der Waals surface area contributed by atoms with Crippen molar-refractivity contribution in [1.82, 2.24) is 4.90 Å². The van der Waals surface area contributed by atoms with Crippen molar-refractivity contribution in [2.45, 2.75) is 44.7 Å². The quantitative estimate of drug-likeness (QED) is 0.785. The van der Waals surface area contributed by atoms with Gasteiger partial charge in [0.05, 0.1) is 13.7 Å². The van der Waals surface area contributed by atoms with Crippen LogP contribution in [0.5, 0.6) is 5.75 Å². The topological polar surface area (TPSA) is 58.7 Å². The van der Waals surface area contributed by atoms with E-state index < -0.39 is 0 Å². The lowest BCUT2D eigenvalue weighted by Crippen LogP contribution is -2.38. The highest BCUT2D eigenvalue weighted by Gasteiger charge is 2.21. The Morgan fingerprint density at radius 1 is 1.25 bits per heavy atom. The highest BCUT2D eigenvalue weighted by molar-refractivity contribution is 5.47. The van der Waals surface area contributed by atoms with E-state index in [4.69, 9.17) is 10.5 Å². The van der Waals surface area contributed by atoms with E-state index in [0.717, 1.165) is 30.1 Å². The van der Waals surface area contributed by atoms with Crippen LogP contribution >= 0.6 is 0 Å². The SMILES string of the molecule is COc1cc(N)cc(CN(CCO)C2CCCCC2)c1. The van der Waals surface area contributed by atoms with Crippen molar-refractivity contribution in [1.29, 1.82) is 0 Å². The van der Waals surface area contributed by atoms with Crippen LogP contribution in [0.2, 0.25) is 0 Å². The lowest BCUT2D eigenvalue weighted by molar-refractivity contribution is 0.117. The van der Waals surface area contributed by atoms with Crippen LogP contribution in [-0.2, 0) is 6.54 Å². The van der Waals surface area contributed by atoms with Crippen LogP contribution in [0, 0.1) is 0 Å². The Morgan fingerprint density at radius 3 is 2.65 bits per heavy atom. The summed E-state index contributed by atoms with van der Waals surface area (Å²) in [6.45, 7) is 1.75. The Labute approximate surface area is 121 Å². The number of anilines is 1. The van der Waals surface area contributed by atoms with E-state index in [0.29, 0.717) is 6.04 Å². The fourth-order valence-electron chi connectivity index (χ4n) is 3.10. The van der Waals surface area contributed by atoms with Gasteiger partial charge in [-0.25, -0.2) is 0 Å². The summed E-state index contributed by atoms with van der Waals surface area (Å²) in [6, 6.07) is 6.45. The maximum absolute atomic E-state index is 9.31. The van der Waals surface area contributed by atoms with Gasteiger partial charge in [0.1, 0.15) is 5.75 Å². The number of hydrogen-bond acceptors (Lipinski definition) is 4. The number of nitrogen functional groups attached to an aromatic ring is 1. The molecule has 0 amide bonds. The minimum Gasteiger partial charge on any atom is -0.497 e. The Balaban J connectivity index is 2.08. The maximum Gasteiger partial charge on any atom is 0.121 e. The second-order valence-electron chi connectivity index (χ2n) is 5.60. The average Bonchev–Trinajstić information content (AvgIpc) is 2.47. The molecule has 1 aliphatic rings. The fourth-order valence-corrected chi connectivity index (χ4v) is 3.10. The molecule has 0 spiro atoms. The predicted octanol–water partition coefficient (Wildman–Crippen LogP) is 2.40. The number of benzene rings is 1. The molecule has 0 aliphatic heterocycles. The molecule has 4 heteroatoms. The third-order valence-electron chi connectivity index (χ3n) is 4.09. The molecule has 0 unspecified atom stereocenters. The van der Waals surface area contributed by atoms with Gasteiger partial charge in [-0.2, -0.15) is 0 Å². The lowest BCUT2D eigenvalue weighted by Gasteiger charge is -2.34. The first-order chi connectivity index (χ1) is 9.72. The Morgan fingerprint density at radius 2 is 2.00 bits per heavy atom. The summed E-state index contributed by atoms with van der Waals surface area (Å²) < 4.78 is 5.27. The van der Waals surface area contributed by atoms with E-state index in [9.17, 15) is 5.11 Å². The van der Waals surface area contributed by atoms with Crippen molar-refractivity contribution in [3.63, 3.8) is 0 Å². The van der Waals surface area contributed by atoms with Gasteiger partial charge in [0.2, 0.25) is 0 Å². The van der Waals surface area contributed by atoms with E-state index in [1.807, 2.05) is 18.2 Å². The van der Waals surface area contributed by atoms with Crippen molar-refractivity contribution < 1.29 is 9.84 Å². The van der Waals surface area contributed by atoms with Crippen molar-refractivity contribution >= 4 is 5.69 Å². The van der Waals surface area contributed by atoms with E-state index in [2.05, 4.69) is 4.90 Å². The second-order valence-corrected chi connectivity index (χ2v) is 5.60. The third-order valence-corrected chi connectivity index (χ3v) is 4.09. The van der Waals surface area contributed by atoms with E-state index in [1.54, 1.807) is 7.11 Å². The van der Waals surface area contributed by atoms with Gasteiger partial charge in [-0.05, 0) is 30.5 Å². The van der Waals surface area contributed by atoms with Crippen molar-refractivity contribution in [3.8, 4) is 5.75 Å². The molecule has 3 N–H and O–H groups in total. The molecule has 112 valence electrons. The zero-order chi connectivity index (χ0) is 14.4. The molecule has 0 bridgehead atoms. The minimum absolute atomic E-state index is 0.204. The summed E-state index contributed by atoms with van der Waals surface area (Å²) in [5.41, 5.74) is 7.80. The normalized spacial score (nSPS) is 16.6. The zero-order valence-corrected chi connectivity index (χ0v) is 12.3. The van der Waals surface area contributed by atoms with Crippen molar-refractivity contribution in [2.24, 2.45) is 0 Å². The van der Waals surface area contributed by atoms with Gasteiger partial charge >= 0.3 is 0 Å². The Bertz CT molecular complexity index is 417. The van der Waals surface area contributed by atoms with Crippen LogP contribution in [0.1, 0.15) is 37.7 Å². The molecular weight excluding hydrogens is 252 g/mol. The summed E-state index contributed by atoms with van der Waals surface area (Å²) in [5, 5.41) is 9.31. The molecule has 1 aliphatic carbocycles. The number of aliphatic hydroxyl groups excluding tert-OH is 1. The van der Waals surface area contributed by atoms with Crippen LogP contribution < -0.4 is 10.5 Å². The van der Waals surface area contributed by atoms with Crippen molar-refractivity contribution in [3.05, 3.63) is 23.8 Å². The maximum atomic E-state index is 9.31. The van der Waals surface area contributed by atoms with Gasteiger partial charge in [0.25, 0.3) is 0 Å². The van der Waals surface area contributed by atoms with Gasteiger partial charge in [-0.3, -0.25) is 4.90 Å². The molecule has 0 atom stereocenters. The summed E-state index contributed by atoms with van der Waals surface area (Å²) in [4.78, 5) is 2.38. The molecule has 1 aromatic rings. The summed E-state index contributed by atoms with van der Waals surface area (Å²) >= 11 is 0. The molecule has 2 rings (SSSR count). The third kappa shape index (κ3) is 4.12. The highest BCUT2D eigenvalue weighted by Crippen LogP contribution is 2.25. The number of methoxy groups -OCH3 is 1. The molecule has 4 nitrogen and oxygen atoms in total. The second kappa shape index (κ2) is 7.50. The first-order valence-electron chi connectivity index (χ1n) is 7.51. The smallest absolute Gasteiger partial charge is 0.121 e. The monoisotopic (exact) mass is 278 g/mol. The van der Waals surface area contributed by atoms with Crippen molar-refractivity contribution in [2.75, 3.05) is 26.0 Å². The predicted molar refractivity (Wildman–Crippen MR) is 81.8 cm³/mol. The summed E-state index contributed by atoms with van der Waals surface area (Å²) in [7, 11) is 1.66. The number of nitrogens with two attached hydrogens (primary N) is 1.